The average molecular weight is 479 g/mol. The van der Waals surface area contributed by atoms with E-state index in [2.05, 4.69) is 5.32 Å². The second-order valence-electron chi connectivity index (χ2n) is 9.00. The van der Waals surface area contributed by atoms with Crippen molar-refractivity contribution in [3.8, 4) is 0 Å². The molecular weight excluding hydrogens is 447 g/mol. The summed E-state index contributed by atoms with van der Waals surface area (Å²) in [5, 5.41) is 2.71. The number of anilines is 1. The van der Waals surface area contributed by atoms with E-state index < -0.39 is 5.82 Å². The number of nitrogens with one attached hydrogen (secondary N) is 1. The molecule has 0 unspecified atom stereocenters. The Morgan fingerprint density at radius 3 is 2.29 bits per heavy atom. The summed E-state index contributed by atoms with van der Waals surface area (Å²) in [5.41, 5.74) is 1.42. The molecule has 2 aromatic carbocycles. The molecular formula is C27H31FN4O3. The summed E-state index contributed by atoms with van der Waals surface area (Å²) < 4.78 is 13.3. The molecule has 0 aliphatic carbocycles. The Balaban J connectivity index is 1.17. The number of rotatable bonds is 6. The summed E-state index contributed by atoms with van der Waals surface area (Å²) in [7, 11) is 0. The predicted molar refractivity (Wildman–Crippen MR) is 133 cm³/mol. The number of benzene rings is 2. The Morgan fingerprint density at radius 2 is 1.60 bits per heavy atom. The monoisotopic (exact) mass is 478 g/mol. The van der Waals surface area contributed by atoms with Gasteiger partial charge < -0.3 is 15.1 Å². The lowest BCUT2D eigenvalue weighted by Gasteiger charge is -2.38. The van der Waals surface area contributed by atoms with Crippen LogP contribution < -0.4 is 5.32 Å². The lowest BCUT2D eigenvalue weighted by atomic mass is 9.95. The van der Waals surface area contributed by atoms with Gasteiger partial charge in [-0.25, -0.2) is 4.39 Å². The molecule has 4 rings (SSSR count). The Morgan fingerprint density at radius 1 is 0.886 bits per heavy atom. The number of hydrogen-bond donors (Lipinski definition) is 1. The van der Waals surface area contributed by atoms with E-state index in [-0.39, 0.29) is 30.2 Å². The van der Waals surface area contributed by atoms with Gasteiger partial charge in [-0.2, -0.15) is 0 Å². The summed E-state index contributed by atoms with van der Waals surface area (Å²) >= 11 is 0. The minimum absolute atomic E-state index is 0.0233. The van der Waals surface area contributed by atoms with Crippen molar-refractivity contribution in [2.75, 3.05) is 51.1 Å². The van der Waals surface area contributed by atoms with Gasteiger partial charge in [-0.3, -0.25) is 19.3 Å². The Hall–Kier alpha value is -3.52. The molecule has 2 saturated heterocycles. The highest BCUT2D eigenvalue weighted by molar-refractivity contribution is 5.92. The Bertz CT molecular complexity index is 1060. The third-order valence-electron chi connectivity index (χ3n) is 6.53. The van der Waals surface area contributed by atoms with E-state index in [0.717, 1.165) is 5.56 Å². The number of carbonyl (C=O) groups is 3. The molecule has 3 amide bonds. The molecule has 0 radical (unpaired) electrons. The van der Waals surface area contributed by atoms with E-state index in [0.29, 0.717) is 57.8 Å². The van der Waals surface area contributed by atoms with Crippen molar-refractivity contribution < 1.29 is 18.8 Å². The average Bonchev–Trinajstić information content (AvgIpc) is 2.88. The van der Waals surface area contributed by atoms with Crippen molar-refractivity contribution in [1.82, 2.24) is 14.7 Å². The zero-order valence-corrected chi connectivity index (χ0v) is 19.7. The van der Waals surface area contributed by atoms with Crippen molar-refractivity contribution in [3.63, 3.8) is 0 Å². The molecule has 2 fully saturated rings. The Labute approximate surface area is 205 Å². The van der Waals surface area contributed by atoms with E-state index in [1.807, 2.05) is 46.2 Å². The molecule has 184 valence electrons. The van der Waals surface area contributed by atoms with Gasteiger partial charge in [0.05, 0.1) is 6.54 Å². The molecule has 0 saturated carbocycles. The smallest absolute Gasteiger partial charge is 0.246 e. The van der Waals surface area contributed by atoms with E-state index in [1.54, 1.807) is 23.1 Å². The fraction of sp³-hybridized carbons (Fsp3) is 0.370. The normalized spacial score (nSPS) is 17.5. The number of amides is 3. The zero-order valence-electron chi connectivity index (χ0n) is 19.7. The van der Waals surface area contributed by atoms with Crippen LogP contribution in [-0.2, 0) is 14.4 Å². The number of nitrogens with zero attached hydrogens (tertiary/aromatic N) is 3. The summed E-state index contributed by atoms with van der Waals surface area (Å²) in [5.74, 6) is -0.548. The van der Waals surface area contributed by atoms with Crippen LogP contribution in [0.2, 0.25) is 0 Å². The maximum absolute atomic E-state index is 13.3. The van der Waals surface area contributed by atoms with Gasteiger partial charge in [-0.1, -0.05) is 36.4 Å². The lowest BCUT2D eigenvalue weighted by molar-refractivity contribution is -0.141. The fourth-order valence-corrected chi connectivity index (χ4v) is 4.54. The summed E-state index contributed by atoms with van der Waals surface area (Å²) in [4.78, 5) is 43.5. The maximum Gasteiger partial charge on any atom is 0.246 e. The Kier molecular flexibility index (Phi) is 8.26. The minimum Gasteiger partial charge on any atom is -0.340 e. The SMILES string of the molecule is O=C(CN1CCN(C(=O)C2CCN(C(=O)C=Cc3ccccc3)CC2)CC1)Nc1cccc(F)c1. The van der Waals surface area contributed by atoms with E-state index in [9.17, 15) is 18.8 Å². The van der Waals surface area contributed by atoms with Gasteiger partial charge in [-0.15, -0.1) is 0 Å². The molecule has 1 N–H and O–H groups in total. The summed E-state index contributed by atoms with van der Waals surface area (Å²) in [6.07, 6.45) is 4.75. The van der Waals surface area contributed by atoms with Crippen molar-refractivity contribution >= 4 is 29.5 Å². The first-order valence-electron chi connectivity index (χ1n) is 12.1. The number of hydrogen-bond acceptors (Lipinski definition) is 4. The van der Waals surface area contributed by atoms with Crippen LogP contribution in [0.3, 0.4) is 0 Å². The topological polar surface area (TPSA) is 73.0 Å². The highest BCUT2D eigenvalue weighted by atomic mass is 19.1. The van der Waals surface area contributed by atoms with Gasteiger partial charge in [0, 0.05) is 56.9 Å². The molecule has 0 spiro atoms. The van der Waals surface area contributed by atoms with Crippen molar-refractivity contribution in [2.45, 2.75) is 12.8 Å². The number of piperidine rings is 1. The first-order valence-corrected chi connectivity index (χ1v) is 12.1. The second kappa shape index (κ2) is 11.8. The van der Waals surface area contributed by atoms with Crippen LogP contribution in [0.15, 0.2) is 60.7 Å². The quantitative estimate of drug-likeness (QED) is 0.648. The third kappa shape index (κ3) is 6.99. The van der Waals surface area contributed by atoms with Crippen LogP contribution in [0.5, 0.6) is 0 Å². The van der Waals surface area contributed by atoms with Gasteiger partial charge >= 0.3 is 0 Å². The molecule has 8 heteroatoms. The highest BCUT2D eigenvalue weighted by Crippen LogP contribution is 2.21. The molecule has 35 heavy (non-hydrogen) atoms. The molecule has 0 atom stereocenters. The van der Waals surface area contributed by atoms with E-state index >= 15 is 0 Å². The van der Waals surface area contributed by atoms with E-state index in [1.165, 1.54) is 12.1 Å². The van der Waals surface area contributed by atoms with Crippen molar-refractivity contribution in [3.05, 3.63) is 72.1 Å². The largest absolute Gasteiger partial charge is 0.340 e. The molecule has 7 nitrogen and oxygen atoms in total. The van der Waals surface area contributed by atoms with Crippen LogP contribution >= 0.6 is 0 Å². The van der Waals surface area contributed by atoms with Crippen LogP contribution in [0.4, 0.5) is 10.1 Å². The summed E-state index contributed by atoms with van der Waals surface area (Å²) in [6.45, 7) is 3.74. The van der Waals surface area contributed by atoms with Crippen LogP contribution in [0.25, 0.3) is 6.08 Å². The lowest BCUT2D eigenvalue weighted by Crippen LogP contribution is -2.53. The molecule has 2 heterocycles. The van der Waals surface area contributed by atoms with Crippen LogP contribution in [0.1, 0.15) is 18.4 Å². The van der Waals surface area contributed by atoms with Gasteiger partial charge in [0.1, 0.15) is 5.82 Å². The first-order chi connectivity index (χ1) is 17.0. The number of likely N-dealkylation sites (tertiary alicyclic amines) is 1. The number of piperazine rings is 1. The van der Waals surface area contributed by atoms with Gasteiger partial charge in [0.25, 0.3) is 0 Å². The number of halogens is 1. The summed E-state index contributed by atoms with van der Waals surface area (Å²) in [6, 6.07) is 15.5. The molecule has 2 aliphatic heterocycles. The predicted octanol–water partition coefficient (Wildman–Crippen LogP) is 2.86. The third-order valence-corrected chi connectivity index (χ3v) is 6.53. The van der Waals surface area contributed by atoms with Crippen LogP contribution in [-0.4, -0.2) is 78.2 Å². The first kappa shape index (κ1) is 24.6. The minimum atomic E-state index is -0.395. The fourth-order valence-electron chi connectivity index (χ4n) is 4.54. The molecule has 0 bridgehead atoms. The second-order valence-corrected chi connectivity index (χ2v) is 9.00. The van der Waals surface area contributed by atoms with Gasteiger partial charge in [0.2, 0.25) is 17.7 Å². The molecule has 2 aromatic rings. The van der Waals surface area contributed by atoms with E-state index in [4.69, 9.17) is 0 Å². The molecule has 2 aliphatic rings. The van der Waals surface area contributed by atoms with Crippen LogP contribution in [0, 0.1) is 11.7 Å². The van der Waals surface area contributed by atoms with Crippen molar-refractivity contribution in [2.24, 2.45) is 5.92 Å². The van der Waals surface area contributed by atoms with Gasteiger partial charge in [-0.05, 0) is 42.7 Å². The zero-order chi connectivity index (χ0) is 24.6. The molecule has 0 aromatic heterocycles. The maximum atomic E-state index is 13.3. The number of carbonyl (C=O) groups excluding carboxylic acids is 3. The van der Waals surface area contributed by atoms with Gasteiger partial charge in [0.15, 0.2) is 0 Å². The highest BCUT2D eigenvalue weighted by Gasteiger charge is 2.31. The standard InChI is InChI=1S/C27H31FN4O3/c28-23-7-4-8-24(19-23)29-25(33)20-30-15-17-32(18-16-30)27(35)22-11-13-31(14-12-22)26(34)10-9-21-5-2-1-3-6-21/h1-10,19,22H,11-18,20H2,(H,29,33). The van der Waals surface area contributed by atoms with Crippen molar-refractivity contribution in [1.29, 1.82) is 0 Å².